The number of nitrogens with one attached hydrogen (secondary N) is 1. The molecule has 6 heteroatoms. The lowest BCUT2D eigenvalue weighted by Gasteiger charge is -2.28. The van der Waals surface area contributed by atoms with Crippen molar-refractivity contribution in [3.8, 4) is 5.69 Å². The molecule has 4 aromatic rings. The summed E-state index contributed by atoms with van der Waals surface area (Å²) in [6.07, 6.45) is 1.84. The van der Waals surface area contributed by atoms with Crippen LogP contribution in [0.25, 0.3) is 5.69 Å². The van der Waals surface area contributed by atoms with E-state index in [-0.39, 0.29) is 12.1 Å². The van der Waals surface area contributed by atoms with Crippen LogP contribution in [-0.4, -0.2) is 14.7 Å². The average molecular weight is 487 g/mol. The van der Waals surface area contributed by atoms with Crippen LogP contribution < -0.4 is 10.2 Å². The summed E-state index contributed by atoms with van der Waals surface area (Å²) < 4.78 is 2.28. The number of aryl methyl sites for hydroxylation is 3. The second kappa shape index (κ2) is 8.90. The van der Waals surface area contributed by atoms with Crippen molar-refractivity contribution in [2.45, 2.75) is 39.8 Å². The summed E-state index contributed by atoms with van der Waals surface area (Å²) >= 11 is 12.1. The lowest BCUT2D eigenvalue weighted by molar-refractivity contribution is 0.565. The van der Waals surface area contributed by atoms with Gasteiger partial charge in [0, 0.05) is 34.0 Å². The Morgan fingerprint density at radius 2 is 1.62 bits per heavy atom. The van der Waals surface area contributed by atoms with Crippen molar-refractivity contribution in [3.05, 3.63) is 112 Å². The maximum atomic E-state index is 6.16. The summed E-state index contributed by atoms with van der Waals surface area (Å²) in [7, 11) is 0. The number of halogens is 1. The first-order valence-corrected chi connectivity index (χ1v) is 12.2. The molecular weight excluding hydrogens is 460 g/mol. The van der Waals surface area contributed by atoms with Gasteiger partial charge in [-0.25, -0.2) is 0 Å². The van der Waals surface area contributed by atoms with E-state index in [2.05, 4.69) is 89.9 Å². The van der Waals surface area contributed by atoms with Gasteiger partial charge < -0.3 is 14.8 Å². The Hall–Kier alpha value is -3.15. The SMILES string of the molecule is Cc1ccc(N2C(=S)N[C@H](c3ccccn3)[C@@H]2c2cc(C)n(-c3ccc(Cl)cc3)c2C)cc1C. The molecule has 1 saturated heterocycles. The van der Waals surface area contributed by atoms with Crippen LogP contribution in [0, 0.1) is 27.7 Å². The number of anilines is 1. The molecule has 172 valence electrons. The number of thiocarbonyl (C=S) groups is 1. The van der Waals surface area contributed by atoms with Gasteiger partial charge in [-0.2, -0.15) is 0 Å². The normalized spacial score (nSPS) is 17.8. The highest BCUT2D eigenvalue weighted by molar-refractivity contribution is 7.80. The first kappa shape index (κ1) is 22.6. The van der Waals surface area contributed by atoms with E-state index in [1.807, 2.05) is 30.5 Å². The molecule has 4 nitrogen and oxygen atoms in total. The smallest absolute Gasteiger partial charge is 0.174 e. The fourth-order valence-electron chi connectivity index (χ4n) is 4.90. The second-order valence-corrected chi connectivity index (χ2v) is 9.73. The maximum absolute atomic E-state index is 6.16. The molecule has 1 aliphatic heterocycles. The molecule has 5 rings (SSSR count). The topological polar surface area (TPSA) is 33.1 Å². The summed E-state index contributed by atoms with van der Waals surface area (Å²) in [6, 6.07) is 22.7. The van der Waals surface area contributed by atoms with E-state index in [4.69, 9.17) is 23.8 Å². The van der Waals surface area contributed by atoms with Gasteiger partial charge in [0.2, 0.25) is 0 Å². The number of rotatable bonds is 4. The Bertz CT molecular complexity index is 1360. The number of nitrogens with zero attached hydrogens (tertiary/aromatic N) is 3. The molecule has 1 N–H and O–H groups in total. The number of benzene rings is 2. The summed E-state index contributed by atoms with van der Waals surface area (Å²) in [5.41, 5.74) is 9.20. The Labute approximate surface area is 211 Å². The fourth-order valence-corrected chi connectivity index (χ4v) is 5.37. The maximum Gasteiger partial charge on any atom is 0.174 e. The van der Waals surface area contributed by atoms with Crippen LogP contribution in [0.3, 0.4) is 0 Å². The molecule has 1 fully saturated rings. The molecule has 1 aliphatic rings. The van der Waals surface area contributed by atoms with Gasteiger partial charge in [-0.3, -0.25) is 4.98 Å². The molecule has 2 aromatic heterocycles. The molecule has 2 atom stereocenters. The quantitative estimate of drug-likeness (QED) is 0.317. The van der Waals surface area contributed by atoms with E-state index in [9.17, 15) is 0 Å². The molecule has 0 amide bonds. The minimum atomic E-state index is -0.0746. The minimum Gasteiger partial charge on any atom is -0.351 e. The Balaban J connectivity index is 1.68. The van der Waals surface area contributed by atoms with E-state index < -0.39 is 0 Å². The van der Waals surface area contributed by atoms with Crippen molar-refractivity contribution in [2.24, 2.45) is 0 Å². The summed E-state index contributed by atoms with van der Waals surface area (Å²) in [4.78, 5) is 6.93. The largest absolute Gasteiger partial charge is 0.351 e. The van der Waals surface area contributed by atoms with Gasteiger partial charge in [-0.05, 0) is 111 Å². The molecule has 34 heavy (non-hydrogen) atoms. The van der Waals surface area contributed by atoms with Crippen LogP contribution in [0.4, 0.5) is 5.69 Å². The third kappa shape index (κ3) is 3.89. The molecule has 2 aromatic carbocycles. The van der Waals surface area contributed by atoms with Gasteiger partial charge in [0.15, 0.2) is 5.11 Å². The van der Waals surface area contributed by atoms with Crippen molar-refractivity contribution in [1.29, 1.82) is 0 Å². The van der Waals surface area contributed by atoms with Gasteiger partial charge in [0.25, 0.3) is 0 Å². The molecule has 0 radical (unpaired) electrons. The molecule has 0 aliphatic carbocycles. The Morgan fingerprint density at radius 1 is 0.882 bits per heavy atom. The van der Waals surface area contributed by atoms with E-state index in [1.165, 1.54) is 22.4 Å². The lowest BCUT2D eigenvalue weighted by atomic mass is 9.96. The zero-order valence-electron chi connectivity index (χ0n) is 19.7. The van der Waals surface area contributed by atoms with Crippen LogP contribution in [-0.2, 0) is 0 Å². The third-order valence-corrected chi connectivity index (χ3v) is 7.31. The van der Waals surface area contributed by atoms with E-state index in [1.54, 1.807) is 0 Å². The van der Waals surface area contributed by atoms with Crippen molar-refractivity contribution >= 4 is 34.6 Å². The summed E-state index contributed by atoms with van der Waals surface area (Å²) in [5.74, 6) is 0. The number of pyridine rings is 1. The van der Waals surface area contributed by atoms with Gasteiger partial charge in [0.05, 0.1) is 17.8 Å². The molecule has 0 spiro atoms. The van der Waals surface area contributed by atoms with Crippen LogP contribution in [0.15, 0.2) is 72.9 Å². The van der Waals surface area contributed by atoms with Crippen LogP contribution in [0.2, 0.25) is 5.02 Å². The first-order chi connectivity index (χ1) is 16.3. The molecule has 0 bridgehead atoms. The number of hydrogen-bond donors (Lipinski definition) is 1. The van der Waals surface area contributed by atoms with Crippen molar-refractivity contribution in [2.75, 3.05) is 4.90 Å². The van der Waals surface area contributed by atoms with Gasteiger partial charge in [0.1, 0.15) is 0 Å². The van der Waals surface area contributed by atoms with Crippen LogP contribution in [0.1, 0.15) is 45.9 Å². The molecule has 3 heterocycles. The number of aromatic nitrogens is 2. The highest BCUT2D eigenvalue weighted by atomic mass is 35.5. The standard InChI is InChI=1S/C28H27ClN4S/c1-17-8-11-23(15-18(17)2)33-27(26(31-28(33)34)25-7-5-6-14-30-25)24-16-19(3)32(20(24)4)22-12-9-21(29)10-13-22/h5-16,26-27H,1-4H3,(H,31,34)/t26-,27+/m1/s1. The minimum absolute atomic E-state index is 0.0447. The molecular formula is C28H27ClN4S. The summed E-state index contributed by atoms with van der Waals surface area (Å²) in [6.45, 7) is 8.59. The monoisotopic (exact) mass is 486 g/mol. The second-order valence-electron chi connectivity index (χ2n) is 8.90. The highest BCUT2D eigenvalue weighted by Gasteiger charge is 2.42. The van der Waals surface area contributed by atoms with E-state index in [0.29, 0.717) is 5.11 Å². The Morgan fingerprint density at radius 3 is 2.29 bits per heavy atom. The number of hydrogen-bond acceptors (Lipinski definition) is 2. The van der Waals surface area contributed by atoms with Crippen molar-refractivity contribution < 1.29 is 0 Å². The zero-order valence-corrected chi connectivity index (χ0v) is 21.3. The van der Waals surface area contributed by atoms with Gasteiger partial charge >= 0.3 is 0 Å². The third-order valence-electron chi connectivity index (χ3n) is 6.74. The Kier molecular flexibility index (Phi) is 5.92. The predicted octanol–water partition coefficient (Wildman–Crippen LogP) is 6.94. The van der Waals surface area contributed by atoms with Gasteiger partial charge in [-0.1, -0.05) is 23.7 Å². The average Bonchev–Trinajstić information content (AvgIpc) is 3.32. The van der Waals surface area contributed by atoms with Crippen LogP contribution in [0.5, 0.6) is 0 Å². The highest BCUT2D eigenvalue weighted by Crippen LogP contribution is 2.44. The first-order valence-electron chi connectivity index (χ1n) is 11.4. The fraction of sp³-hybridized carbons (Fsp3) is 0.214. The molecule has 0 saturated carbocycles. The predicted molar refractivity (Wildman–Crippen MR) is 144 cm³/mol. The van der Waals surface area contributed by atoms with Crippen molar-refractivity contribution in [3.63, 3.8) is 0 Å². The summed E-state index contributed by atoms with van der Waals surface area (Å²) in [5, 5.41) is 5.01. The molecule has 0 unspecified atom stereocenters. The van der Waals surface area contributed by atoms with Crippen LogP contribution >= 0.6 is 23.8 Å². The van der Waals surface area contributed by atoms with E-state index in [0.717, 1.165) is 27.8 Å². The van der Waals surface area contributed by atoms with E-state index >= 15 is 0 Å². The zero-order chi connectivity index (χ0) is 24.0. The van der Waals surface area contributed by atoms with Crippen molar-refractivity contribution in [1.82, 2.24) is 14.9 Å². The lowest BCUT2D eigenvalue weighted by Crippen LogP contribution is -2.29. The van der Waals surface area contributed by atoms with Gasteiger partial charge in [-0.15, -0.1) is 0 Å².